The molecule has 1 aromatic carbocycles. The predicted molar refractivity (Wildman–Crippen MR) is 84.4 cm³/mol. The molecule has 1 amide bonds. The number of methoxy groups -OCH3 is 1. The molecule has 0 saturated carbocycles. The van der Waals surface area contributed by atoms with Crippen LogP contribution >= 0.6 is 11.6 Å². The molecule has 6 nitrogen and oxygen atoms in total. The van der Waals surface area contributed by atoms with Gasteiger partial charge in [-0.15, -0.1) is 0 Å². The van der Waals surface area contributed by atoms with Gasteiger partial charge in [0, 0.05) is 0 Å². The third-order valence-corrected chi connectivity index (χ3v) is 3.07. The zero-order chi connectivity index (χ0) is 16.5. The number of halogens is 1. The van der Waals surface area contributed by atoms with Crippen molar-refractivity contribution in [3.05, 3.63) is 22.7 Å². The number of rotatable bonds is 7. The van der Waals surface area contributed by atoms with Crippen molar-refractivity contribution in [2.24, 2.45) is 5.10 Å². The van der Waals surface area contributed by atoms with E-state index >= 15 is 0 Å². The highest BCUT2D eigenvalue weighted by atomic mass is 35.5. The number of hydrogen-bond acceptors (Lipinski definition) is 5. The quantitative estimate of drug-likeness (QED) is 0.617. The van der Waals surface area contributed by atoms with Crippen LogP contribution in [-0.4, -0.2) is 25.3 Å². The smallest absolute Gasteiger partial charge is 0.254 e. The molecule has 0 heterocycles. The molecule has 7 heteroatoms. The number of hydrazone groups is 1. The number of hydrogen-bond donors (Lipinski definition) is 1. The van der Waals surface area contributed by atoms with Crippen LogP contribution in [0.15, 0.2) is 17.2 Å². The lowest BCUT2D eigenvalue weighted by Crippen LogP contribution is -2.16. The second-order valence-corrected chi connectivity index (χ2v) is 4.91. The molecule has 1 atom stereocenters. The van der Waals surface area contributed by atoms with Gasteiger partial charge in [0.2, 0.25) is 0 Å². The van der Waals surface area contributed by atoms with E-state index in [1.807, 2.05) is 13.8 Å². The molecule has 118 valence electrons. The van der Waals surface area contributed by atoms with E-state index in [0.717, 1.165) is 6.42 Å². The van der Waals surface area contributed by atoms with Crippen LogP contribution in [0.5, 0.6) is 11.5 Å². The highest BCUT2D eigenvalue weighted by molar-refractivity contribution is 6.32. The summed E-state index contributed by atoms with van der Waals surface area (Å²) in [6.45, 7) is 3.95. The minimum atomic E-state index is -0.478. The van der Waals surface area contributed by atoms with Crippen molar-refractivity contribution in [2.75, 3.05) is 7.11 Å². The van der Waals surface area contributed by atoms with E-state index < -0.39 is 5.91 Å². The SMILES string of the molecule is CCC(C)Oc1c(Cl)cc(C=NNC(=O)CC#N)cc1OC. The molecule has 1 unspecified atom stereocenters. The summed E-state index contributed by atoms with van der Waals surface area (Å²) < 4.78 is 11.0. The van der Waals surface area contributed by atoms with Crippen molar-refractivity contribution >= 4 is 23.7 Å². The minimum absolute atomic E-state index is 0.0104. The van der Waals surface area contributed by atoms with Gasteiger partial charge >= 0.3 is 0 Å². The number of amides is 1. The normalized spacial score (nSPS) is 11.8. The van der Waals surface area contributed by atoms with Gasteiger partial charge in [0.05, 0.1) is 30.5 Å². The van der Waals surface area contributed by atoms with Crippen LogP contribution in [0.4, 0.5) is 0 Å². The Bertz CT molecular complexity index is 596. The predicted octanol–water partition coefficient (Wildman–Crippen LogP) is 2.89. The summed E-state index contributed by atoms with van der Waals surface area (Å²) in [5, 5.41) is 12.5. The summed E-state index contributed by atoms with van der Waals surface area (Å²) >= 11 is 6.21. The lowest BCUT2D eigenvalue weighted by atomic mass is 10.2. The molecule has 0 bridgehead atoms. The molecule has 0 aliphatic carbocycles. The number of benzene rings is 1. The Morgan fingerprint density at radius 1 is 1.59 bits per heavy atom. The Balaban J connectivity index is 2.91. The van der Waals surface area contributed by atoms with Crippen molar-refractivity contribution in [2.45, 2.75) is 32.8 Å². The van der Waals surface area contributed by atoms with E-state index in [1.165, 1.54) is 13.3 Å². The summed E-state index contributed by atoms with van der Waals surface area (Å²) in [6, 6.07) is 5.08. The fourth-order valence-electron chi connectivity index (χ4n) is 1.50. The molecule has 1 aromatic rings. The van der Waals surface area contributed by atoms with Gasteiger partial charge in [-0.25, -0.2) is 5.43 Å². The standard InChI is InChI=1S/C15H18ClN3O3/c1-4-10(2)22-15-12(16)7-11(8-13(15)21-3)9-18-19-14(20)5-6-17/h7-10H,4-5H2,1-3H3,(H,19,20). The van der Waals surface area contributed by atoms with Gasteiger partial charge in [-0.2, -0.15) is 10.4 Å². The van der Waals surface area contributed by atoms with Gasteiger partial charge in [0.15, 0.2) is 11.5 Å². The Morgan fingerprint density at radius 2 is 2.32 bits per heavy atom. The van der Waals surface area contributed by atoms with Crippen molar-refractivity contribution in [1.29, 1.82) is 5.26 Å². The highest BCUT2D eigenvalue weighted by Crippen LogP contribution is 2.36. The second kappa shape index (κ2) is 8.90. The molecular weight excluding hydrogens is 306 g/mol. The first-order valence-electron chi connectivity index (χ1n) is 6.74. The van der Waals surface area contributed by atoms with Crippen LogP contribution in [0, 0.1) is 11.3 Å². The first-order chi connectivity index (χ1) is 10.5. The first-order valence-corrected chi connectivity index (χ1v) is 7.12. The zero-order valence-corrected chi connectivity index (χ0v) is 13.5. The second-order valence-electron chi connectivity index (χ2n) is 4.50. The number of ether oxygens (including phenoxy) is 2. The van der Waals surface area contributed by atoms with Crippen LogP contribution in [0.25, 0.3) is 0 Å². The number of nitrogens with zero attached hydrogens (tertiary/aromatic N) is 2. The number of nitrogens with one attached hydrogen (secondary N) is 1. The van der Waals surface area contributed by atoms with Crippen LogP contribution in [-0.2, 0) is 4.79 Å². The van der Waals surface area contributed by atoms with Gasteiger partial charge in [0.25, 0.3) is 5.91 Å². The van der Waals surface area contributed by atoms with E-state index in [9.17, 15) is 4.79 Å². The summed E-state index contributed by atoms with van der Waals surface area (Å²) in [6.07, 6.45) is 2.02. The van der Waals surface area contributed by atoms with Crippen LogP contribution < -0.4 is 14.9 Å². The van der Waals surface area contributed by atoms with E-state index in [1.54, 1.807) is 18.2 Å². The lowest BCUT2D eigenvalue weighted by Gasteiger charge is -2.17. The first kappa shape index (κ1) is 17.8. The Labute approximate surface area is 134 Å². The molecule has 0 spiro atoms. The fourth-order valence-corrected chi connectivity index (χ4v) is 1.77. The molecule has 22 heavy (non-hydrogen) atoms. The number of nitriles is 1. The summed E-state index contributed by atoms with van der Waals surface area (Å²) in [7, 11) is 1.52. The van der Waals surface area contributed by atoms with E-state index in [0.29, 0.717) is 22.1 Å². The van der Waals surface area contributed by atoms with Crippen molar-refractivity contribution < 1.29 is 14.3 Å². The molecule has 1 N–H and O–H groups in total. The topological polar surface area (TPSA) is 83.7 Å². The Morgan fingerprint density at radius 3 is 2.91 bits per heavy atom. The molecule has 1 rings (SSSR count). The molecule has 0 saturated heterocycles. The van der Waals surface area contributed by atoms with E-state index in [4.69, 9.17) is 26.3 Å². The van der Waals surface area contributed by atoms with E-state index in [-0.39, 0.29) is 12.5 Å². The lowest BCUT2D eigenvalue weighted by molar-refractivity contribution is -0.120. The maximum Gasteiger partial charge on any atom is 0.254 e. The maximum absolute atomic E-state index is 11.1. The molecule has 0 aromatic heterocycles. The highest BCUT2D eigenvalue weighted by Gasteiger charge is 2.14. The average molecular weight is 324 g/mol. The van der Waals surface area contributed by atoms with Crippen molar-refractivity contribution in [3.63, 3.8) is 0 Å². The van der Waals surface area contributed by atoms with Gasteiger partial charge in [-0.1, -0.05) is 18.5 Å². The van der Waals surface area contributed by atoms with Gasteiger partial charge in [-0.3, -0.25) is 4.79 Å². The Kier molecular flexibility index (Phi) is 7.20. The van der Waals surface area contributed by atoms with Crippen LogP contribution in [0.1, 0.15) is 32.3 Å². The van der Waals surface area contributed by atoms with Gasteiger partial charge in [0.1, 0.15) is 6.42 Å². The van der Waals surface area contributed by atoms with Gasteiger partial charge < -0.3 is 9.47 Å². The fraction of sp³-hybridized carbons (Fsp3) is 0.400. The molecule has 0 radical (unpaired) electrons. The third-order valence-electron chi connectivity index (χ3n) is 2.79. The number of carbonyl (C=O) groups is 1. The number of carbonyl (C=O) groups excluding carboxylic acids is 1. The molecular formula is C15H18ClN3O3. The van der Waals surface area contributed by atoms with Crippen LogP contribution in [0.2, 0.25) is 5.02 Å². The van der Waals surface area contributed by atoms with E-state index in [2.05, 4.69) is 10.5 Å². The average Bonchev–Trinajstić information content (AvgIpc) is 2.49. The van der Waals surface area contributed by atoms with Crippen LogP contribution in [0.3, 0.4) is 0 Å². The van der Waals surface area contributed by atoms with Crippen molar-refractivity contribution in [1.82, 2.24) is 5.43 Å². The zero-order valence-electron chi connectivity index (χ0n) is 12.7. The Hall–Kier alpha value is -2.26. The van der Waals surface area contributed by atoms with Crippen molar-refractivity contribution in [3.8, 4) is 17.6 Å². The van der Waals surface area contributed by atoms with Gasteiger partial charge in [-0.05, 0) is 31.0 Å². The third kappa shape index (κ3) is 5.26. The largest absolute Gasteiger partial charge is 0.493 e. The molecule has 0 aliphatic heterocycles. The summed E-state index contributed by atoms with van der Waals surface area (Å²) in [5.41, 5.74) is 2.87. The minimum Gasteiger partial charge on any atom is -0.493 e. The summed E-state index contributed by atoms with van der Waals surface area (Å²) in [4.78, 5) is 11.1. The maximum atomic E-state index is 11.1. The molecule has 0 aliphatic rings. The monoisotopic (exact) mass is 323 g/mol. The molecule has 0 fully saturated rings. The summed E-state index contributed by atoms with van der Waals surface area (Å²) in [5.74, 6) is 0.482.